The molecule has 0 aliphatic carbocycles. The molecule has 3 unspecified atom stereocenters. The van der Waals surface area contributed by atoms with Gasteiger partial charge in [0.2, 0.25) is 11.8 Å². The zero-order valence-electron chi connectivity index (χ0n) is 12.2. The molecule has 1 aliphatic heterocycles. The van der Waals surface area contributed by atoms with Crippen LogP contribution in [-0.2, 0) is 9.59 Å². The van der Waals surface area contributed by atoms with Gasteiger partial charge in [-0.15, -0.1) is 0 Å². The number of nitrogens with one attached hydrogen (secondary N) is 1. The minimum absolute atomic E-state index is 0.0632. The summed E-state index contributed by atoms with van der Waals surface area (Å²) < 4.78 is 0. The molecule has 1 fully saturated rings. The van der Waals surface area contributed by atoms with Crippen molar-refractivity contribution in [2.24, 2.45) is 17.6 Å². The topological polar surface area (TPSA) is 75.4 Å². The van der Waals surface area contributed by atoms with Gasteiger partial charge < -0.3 is 16.0 Å². The van der Waals surface area contributed by atoms with Gasteiger partial charge in [0.25, 0.3) is 0 Å². The Morgan fingerprint density at radius 2 is 1.83 bits per heavy atom. The molecule has 0 aromatic carbocycles. The maximum Gasteiger partial charge on any atom is 0.244 e. The summed E-state index contributed by atoms with van der Waals surface area (Å²) >= 11 is 0. The van der Waals surface area contributed by atoms with Crippen LogP contribution in [0.2, 0.25) is 0 Å². The van der Waals surface area contributed by atoms with Crippen molar-refractivity contribution in [1.82, 2.24) is 10.2 Å². The van der Waals surface area contributed by atoms with Gasteiger partial charge in [0, 0.05) is 0 Å². The summed E-state index contributed by atoms with van der Waals surface area (Å²) in [5.41, 5.74) is 5.06. The number of amides is 2. The number of nitrogens with two attached hydrogens (primary N) is 1. The molecular formula is C13H25N3O2. The van der Waals surface area contributed by atoms with E-state index in [2.05, 4.69) is 5.32 Å². The standard InChI is InChI=1S/C13H25N3O2/c1-7(2)10-11(17)15-13(6,8(3)4)16(10)12(18)9(5)14/h7-10H,14H2,1-6H3,(H,15,17). The Morgan fingerprint density at radius 1 is 1.33 bits per heavy atom. The normalized spacial score (nSPS) is 29.9. The highest BCUT2D eigenvalue weighted by Crippen LogP contribution is 2.33. The first-order valence-corrected chi connectivity index (χ1v) is 6.53. The minimum Gasteiger partial charge on any atom is -0.331 e. The lowest BCUT2D eigenvalue weighted by Gasteiger charge is -2.41. The fourth-order valence-electron chi connectivity index (χ4n) is 2.40. The smallest absolute Gasteiger partial charge is 0.244 e. The molecule has 0 bridgehead atoms. The van der Waals surface area contributed by atoms with Crippen molar-refractivity contribution in [3.8, 4) is 0 Å². The largest absolute Gasteiger partial charge is 0.331 e. The van der Waals surface area contributed by atoms with Crippen molar-refractivity contribution in [2.75, 3.05) is 0 Å². The zero-order chi connectivity index (χ0) is 14.2. The van der Waals surface area contributed by atoms with Crippen LogP contribution < -0.4 is 11.1 Å². The van der Waals surface area contributed by atoms with Crippen molar-refractivity contribution < 1.29 is 9.59 Å². The molecule has 3 N–H and O–H groups in total. The number of nitrogens with zero attached hydrogens (tertiary/aromatic N) is 1. The molecule has 5 nitrogen and oxygen atoms in total. The van der Waals surface area contributed by atoms with Gasteiger partial charge in [-0.1, -0.05) is 27.7 Å². The van der Waals surface area contributed by atoms with Gasteiger partial charge in [-0.05, 0) is 25.7 Å². The van der Waals surface area contributed by atoms with Gasteiger partial charge in [-0.2, -0.15) is 0 Å². The molecule has 0 aromatic heterocycles. The summed E-state index contributed by atoms with van der Waals surface area (Å²) in [6.45, 7) is 11.4. The molecule has 1 rings (SSSR count). The van der Waals surface area contributed by atoms with E-state index in [1.54, 1.807) is 11.8 Å². The molecule has 0 radical (unpaired) electrons. The van der Waals surface area contributed by atoms with Crippen LogP contribution in [0.3, 0.4) is 0 Å². The van der Waals surface area contributed by atoms with E-state index in [9.17, 15) is 9.59 Å². The monoisotopic (exact) mass is 255 g/mol. The molecule has 1 aliphatic rings. The third-order valence-electron chi connectivity index (χ3n) is 3.81. The molecule has 18 heavy (non-hydrogen) atoms. The molecule has 0 saturated carbocycles. The average Bonchev–Trinajstić information content (AvgIpc) is 2.49. The van der Waals surface area contributed by atoms with Gasteiger partial charge in [0.05, 0.1) is 6.04 Å². The van der Waals surface area contributed by atoms with Crippen LogP contribution in [0.15, 0.2) is 0 Å². The molecule has 1 heterocycles. The van der Waals surface area contributed by atoms with Crippen LogP contribution in [0.4, 0.5) is 0 Å². The van der Waals surface area contributed by atoms with Gasteiger partial charge >= 0.3 is 0 Å². The van der Waals surface area contributed by atoms with E-state index >= 15 is 0 Å². The lowest BCUT2D eigenvalue weighted by Crippen LogP contribution is -2.60. The molecule has 3 atom stereocenters. The highest BCUT2D eigenvalue weighted by atomic mass is 16.2. The predicted molar refractivity (Wildman–Crippen MR) is 70.5 cm³/mol. The maximum absolute atomic E-state index is 12.3. The Labute approximate surface area is 109 Å². The Balaban J connectivity index is 3.23. The summed E-state index contributed by atoms with van der Waals surface area (Å²) in [7, 11) is 0. The third-order valence-corrected chi connectivity index (χ3v) is 3.81. The van der Waals surface area contributed by atoms with Crippen molar-refractivity contribution in [2.45, 2.75) is 59.3 Å². The molecule has 0 spiro atoms. The van der Waals surface area contributed by atoms with Crippen molar-refractivity contribution in [3.63, 3.8) is 0 Å². The zero-order valence-corrected chi connectivity index (χ0v) is 12.2. The second kappa shape index (κ2) is 4.88. The Bertz CT molecular complexity index is 352. The molecule has 2 amide bonds. The lowest BCUT2D eigenvalue weighted by atomic mass is 9.94. The second-order valence-corrected chi connectivity index (χ2v) is 5.98. The Kier molecular flexibility index (Phi) is 4.05. The van der Waals surface area contributed by atoms with Crippen LogP contribution in [0.5, 0.6) is 0 Å². The number of carbonyl (C=O) groups is 2. The first-order chi connectivity index (χ1) is 8.12. The SMILES string of the molecule is CC(N)C(=O)N1C(C(C)C)C(=O)NC1(C)C(C)C. The molecule has 5 heteroatoms. The molecule has 1 saturated heterocycles. The van der Waals surface area contributed by atoms with Crippen LogP contribution in [0, 0.1) is 11.8 Å². The van der Waals surface area contributed by atoms with E-state index in [1.807, 2.05) is 34.6 Å². The van der Waals surface area contributed by atoms with Crippen molar-refractivity contribution in [1.29, 1.82) is 0 Å². The quantitative estimate of drug-likeness (QED) is 0.779. The van der Waals surface area contributed by atoms with E-state index < -0.39 is 17.7 Å². The lowest BCUT2D eigenvalue weighted by molar-refractivity contribution is -0.143. The van der Waals surface area contributed by atoms with Crippen LogP contribution in [0.1, 0.15) is 41.5 Å². The van der Waals surface area contributed by atoms with Crippen molar-refractivity contribution >= 4 is 11.8 Å². The first-order valence-electron chi connectivity index (χ1n) is 6.53. The van der Waals surface area contributed by atoms with Crippen LogP contribution in [-0.4, -0.2) is 34.5 Å². The van der Waals surface area contributed by atoms with Gasteiger partial charge in [-0.3, -0.25) is 9.59 Å². The Hall–Kier alpha value is -1.10. The van der Waals surface area contributed by atoms with E-state index in [-0.39, 0.29) is 23.7 Å². The van der Waals surface area contributed by atoms with E-state index in [1.165, 1.54) is 0 Å². The number of rotatable bonds is 3. The molecule has 104 valence electrons. The van der Waals surface area contributed by atoms with E-state index in [0.717, 1.165) is 0 Å². The summed E-state index contributed by atoms with van der Waals surface area (Å²) in [6, 6.07) is -1.03. The fraction of sp³-hybridized carbons (Fsp3) is 0.846. The minimum atomic E-state index is -0.656. The highest BCUT2D eigenvalue weighted by Gasteiger charge is 2.53. The number of hydrogen-bond donors (Lipinski definition) is 2. The first kappa shape index (κ1) is 15.0. The summed E-state index contributed by atoms with van der Waals surface area (Å²) in [5.74, 6) is -0.0837. The summed E-state index contributed by atoms with van der Waals surface area (Å²) in [6.07, 6.45) is 0. The molecular weight excluding hydrogens is 230 g/mol. The van der Waals surface area contributed by atoms with E-state index in [0.29, 0.717) is 0 Å². The highest BCUT2D eigenvalue weighted by molar-refractivity contribution is 5.94. The third kappa shape index (κ3) is 2.23. The van der Waals surface area contributed by atoms with Gasteiger partial charge in [0.15, 0.2) is 0 Å². The average molecular weight is 255 g/mol. The summed E-state index contributed by atoms with van der Waals surface area (Å²) in [5, 5.41) is 2.96. The van der Waals surface area contributed by atoms with Crippen molar-refractivity contribution in [3.05, 3.63) is 0 Å². The maximum atomic E-state index is 12.3. The number of carbonyl (C=O) groups excluding carboxylic acids is 2. The number of hydrogen-bond acceptors (Lipinski definition) is 3. The van der Waals surface area contributed by atoms with E-state index in [4.69, 9.17) is 5.73 Å². The van der Waals surface area contributed by atoms with Crippen LogP contribution in [0.25, 0.3) is 0 Å². The predicted octanol–water partition coefficient (Wildman–Crippen LogP) is 0.689. The van der Waals surface area contributed by atoms with Gasteiger partial charge in [0.1, 0.15) is 11.7 Å². The van der Waals surface area contributed by atoms with Gasteiger partial charge in [-0.25, -0.2) is 0 Å². The Morgan fingerprint density at radius 3 is 2.17 bits per heavy atom. The fourth-order valence-corrected chi connectivity index (χ4v) is 2.40. The molecule has 0 aromatic rings. The van der Waals surface area contributed by atoms with Crippen LogP contribution >= 0.6 is 0 Å². The second-order valence-electron chi connectivity index (χ2n) is 5.98. The summed E-state index contributed by atoms with van der Waals surface area (Å²) in [4.78, 5) is 26.1.